The molecule has 0 amide bonds. The van der Waals surface area contributed by atoms with Crippen LogP contribution < -0.4 is 10.5 Å². The fourth-order valence-corrected chi connectivity index (χ4v) is 7.19. The molecule has 4 aromatic rings. The molecule has 40 heavy (non-hydrogen) atoms. The molecule has 8 nitrogen and oxygen atoms in total. The predicted molar refractivity (Wildman–Crippen MR) is 139 cm³/mol. The van der Waals surface area contributed by atoms with Gasteiger partial charge in [0.1, 0.15) is 23.2 Å². The average molecular weight is 569 g/mol. The highest BCUT2D eigenvalue weighted by atomic mass is 32.1. The lowest BCUT2D eigenvalue weighted by molar-refractivity contribution is 0.108. The smallest absolute Gasteiger partial charge is 0.317 e. The molecule has 1 unspecified atom stereocenters. The Bertz CT molecular complexity index is 1820. The van der Waals surface area contributed by atoms with E-state index < -0.39 is 23.3 Å². The molecule has 1 atom stereocenters. The van der Waals surface area contributed by atoms with E-state index in [1.807, 2.05) is 11.0 Å². The maximum atomic E-state index is 16.4. The second kappa shape index (κ2) is 9.09. The Kier molecular flexibility index (Phi) is 5.71. The van der Waals surface area contributed by atoms with E-state index in [0.29, 0.717) is 29.5 Å². The van der Waals surface area contributed by atoms with Gasteiger partial charge < -0.3 is 15.2 Å². The zero-order valence-corrected chi connectivity index (χ0v) is 21.7. The van der Waals surface area contributed by atoms with Crippen molar-refractivity contribution in [2.45, 2.75) is 38.0 Å². The molecule has 2 saturated heterocycles. The number of hydrogen-bond donors (Lipinski definition) is 1. The van der Waals surface area contributed by atoms with Crippen LogP contribution in [-0.2, 0) is 18.0 Å². The topological polar surface area (TPSA) is 110 Å². The minimum atomic E-state index is -1.66. The highest BCUT2D eigenvalue weighted by molar-refractivity contribution is 7.23. The Labute approximate surface area is 228 Å². The first-order valence-corrected chi connectivity index (χ1v) is 13.4. The summed E-state index contributed by atoms with van der Waals surface area (Å²) in [5.41, 5.74) is 6.78. The fraction of sp³-hybridized carbons (Fsp3) is 0.333. The van der Waals surface area contributed by atoms with Crippen LogP contribution in [0.3, 0.4) is 0 Å². The van der Waals surface area contributed by atoms with Gasteiger partial charge in [-0.05, 0) is 36.9 Å². The summed E-state index contributed by atoms with van der Waals surface area (Å²) >= 11 is 0.898. The normalized spacial score (nSPS) is 20.3. The van der Waals surface area contributed by atoms with Crippen LogP contribution in [0.2, 0.25) is 0 Å². The number of aromatic nitrogens is 3. The van der Waals surface area contributed by atoms with Gasteiger partial charge in [0, 0.05) is 34.7 Å². The first-order valence-electron chi connectivity index (χ1n) is 12.6. The summed E-state index contributed by atoms with van der Waals surface area (Å²) in [6.45, 7) is 1.23. The highest BCUT2D eigenvalue weighted by Crippen LogP contribution is 2.46. The Hall–Kier alpha value is -3.86. The summed E-state index contributed by atoms with van der Waals surface area (Å²) in [4.78, 5) is 14.9. The third-order valence-electron chi connectivity index (χ3n) is 8.13. The van der Waals surface area contributed by atoms with E-state index >= 15 is 4.39 Å². The van der Waals surface area contributed by atoms with E-state index in [9.17, 15) is 18.4 Å². The molecule has 0 radical (unpaired) electrons. The number of nitriles is 1. The molecular formula is C27H20F4N6O2S. The molecule has 6 heterocycles. The maximum absolute atomic E-state index is 16.4. The van der Waals surface area contributed by atoms with Crippen LogP contribution >= 0.6 is 11.3 Å². The van der Waals surface area contributed by atoms with Gasteiger partial charge in [-0.3, -0.25) is 9.88 Å². The Balaban J connectivity index is 1.34. The van der Waals surface area contributed by atoms with Crippen molar-refractivity contribution in [3.05, 3.63) is 52.4 Å². The van der Waals surface area contributed by atoms with E-state index in [0.717, 1.165) is 24.0 Å². The van der Waals surface area contributed by atoms with Crippen molar-refractivity contribution in [2.75, 3.05) is 25.4 Å². The standard InChI is InChI=1S/C27H20F4N6O2S/c28-17-7-34-22(19-13(5-32)25(33)40-23(17)19)18-16-10-38-9-15(16)14-6-35-26(36-21(14)20(18)29)39-11-27-2-1-3-37(27)8-12(4-27)24(30)31/h6-7H,1-4,8-11,33H2. The SMILES string of the molecule is N#Cc1c(N)sc2c(F)cnc(-c3c4c(c5cnc(OCC67CCCN6CC(=C(F)F)C7)nc5c3F)COC4)c12. The lowest BCUT2D eigenvalue weighted by atomic mass is 9.93. The molecule has 0 spiro atoms. The molecule has 3 aliphatic rings. The third-order valence-corrected chi connectivity index (χ3v) is 9.15. The number of hydrogen-bond acceptors (Lipinski definition) is 9. The Morgan fingerprint density at radius 2 is 2.05 bits per heavy atom. The molecule has 3 aromatic heterocycles. The molecule has 7 rings (SSSR count). The van der Waals surface area contributed by atoms with Gasteiger partial charge in [0.25, 0.3) is 6.08 Å². The second-order valence-corrected chi connectivity index (χ2v) is 11.3. The number of fused-ring (bicyclic) bond motifs is 5. The van der Waals surface area contributed by atoms with E-state index in [-0.39, 0.29) is 81.8 Å². The molecule has 204 valence electrons. The number of anilines is 1. The van der Waals surface area contributed by atoms with Crippen molar-refractivity contribution in [1.29, 1.82) is 5.26 Å². The van der Waals surface area contributed by atoms with Crippen molar-refractivity contribution >= 4 is 37.3 Å². The number of nitrogens with two attached hydrogens (primary N) is 1. The molecule has 2 N–H and O–H groups in total. The molecular weight excluding hydrogens is 548 g/mol. The number of ether oxygens (including phenoxy) is 2. The van der Waals surface area contributed by atoms with E-state index in [4.69, 9.17) is 15.2 Å². The molecule has 0 bridgehead atoms. The van der Waals surface area contributed by atoms with Crippen LogP contribution in [0.25, 0.3) is 32.2 Å². The monoisotopic (exact) mass is 568 g/mol. The number of nitrogen functional groups attached to an aromatic ring is 1. The minimum Gasteiger partial charge on any atom is -0.461 e. The largest absolute Gasteiger partial charge is 0.461 e. The molecule has 2 fully saturated rings. The Morgan fingerprint density at radius 3 is 2.85 bits per heavy atom. The number of pyridine rings is 1. The fourth-order valence-electron chi connectivity index (χ4n) is 6.27. The summed E-state index contributed by atoms with van der Waals surface area (Å²) < 4.78 is 69.4. The van der Waals surface area contributed by atoms with Gasteiger partial charge in [-0.2, -0.15) is 19.0 Å². The molecule has 0 saturated carbocycles. The van der Waals surface area contributed by atoms with Crippen molar-refractivity contribution < 1.29 is 27.0 Å². The van der Waals surface area contributed by atoms with Gasteiger partial charge in [0.05, 0.1) is 40.9 Å². The number of nitrogens with zero attached hydrogens (tertiary/aromatic N) is 5. The average Bonchev–Trinajstić information content (AvgIpc) is 3.70. The van der Waals surface area contributed by atoms with Crippen molar-refractivity contribution in [2.24, 2.45) is 0 Å². The van der Waals surface area contributed by atoms with Gasteiger partial charge in [-0.25, -0.2) is 13.8 Å². The molecule has 3 aliphatic heterocycles. The summed E-state index contributed by atoms with van der Waals surface area (Å²) in [5, 5.41) is 10.4. The van der Waals surface area contributed by atoms with Crippen molar-refractivity contribution in [3.8, 4) is 23.3 Å². The van der Waals surface area contributed by atoms with Crippen LogP contribution in [0.4, 0.5) is 22.6 Å². The lowest BCUT2D eigenvalue weighted by Crippen LogP contribution is -2.43. The van der Waals surface area contributed by atoms with Crippen molar-refractivity contribution in [3.63, 3.8) is 0 Å². The number of benzene rings is 1. The highest BCUT2D eigenvalue weighted by Gasteiger charge is 2.48. The quantitative estimate of drug-likeness (QED) is 0.324. The van der Waals surface area contributed by atoms with Crippen LogP contribution in [-0.4, -0.2) is 45.1 Å². The van der Waals surface area contributed by atoms with E-state index in [1.165, 1.54) is 6.20 Å². The zero-order valence-electron chi connectivity index (χ0n) is 20.9. The van der Waals surface area contributed by atoms with Gasteiger partial charge in [-0.1, -0.05) is 0 Å². The predicted octanol–water partition coefficient (Wildman–Crippen LogP) is 5.44. The molecule has 1 aromatic carbocycles. The summed E-state index contributed by atoms with van der Waals surface area (Å²) in [5.74, 6) is -1.41. The van der Waals surface area contributed by atoms with Gasteiger partial charge in [-0.15, -0.1) is 11.3 Å². The van der Waals surface area contributed by atoms with Gasteiger partial charge >= 0.3 is 6.01 Å². The number of thiophene rings is 1. The molecule has 13 heteroatoms. The zero-order chi connectivity index (χ0) is 27.8. The van der Waals surface area contributed by atoms with Crippen molar-refractivity contribution in [1.82, 2.24) is 19.9 Å². The summed E-state index contributed by atoms with van der Waals surface area (Å²) in [6, 6.07) is 1.89. The first-order chi connectivity index (χ1) is 19.3. The Morgan fingerprint density at radius 1 is 1.23 bits per heavy atom. The third kappa shape index (κ3) is 3.59. The second-order valence-electron chi connectivity index (χ2n) is 10.2. The van der Waals surface area contributed by atoms with Crippen LogP contribution in [0, 0.1) is 23.0 Å². The maximum Gasteiger partial charge on any atom is 0.317 e. The minimum absolute atomic E-state index is 0.0240. The summed E-state index contributed by atoms with van der Waals surface area (Å²) in [7, 11) is 0. The number of halogens is 4. The lowest BCUT2D eigenvalue weighted by Gasteiger charge is -2.30. The van der Waals surface area contributed by atoms with E-state index in [1.54, 1.807) is 0 Å². The number of rotatable bonds is 4. The van der Waals surface area contributed by atoms with Crippen LogP contribution in [0.5, 0.6) is 6.01 Å². The first kappa shape index (κ1) is 25.1. The van der Waals surface area contributed by atoms with Gasteiger partial charge in [0.15, 0.2) is 11.6 Å². The van der Waals surface area contributed by atoms with Crippen LogP contribution in [0.1, 0.15) is 36.0 Å². The van der Waals surface area contributed by atoms with Gasteiger partial charge in [0.2, 0.25) is 0 Å². The van der Waals surface area contributed by atoms with E-state index in [2.05, 4.69) is 15.0 Å². The summed E-state index contributed by atoms with van der Waals surface area (Å²) in [6.07, 6.45) is 2.54. The molecule has 0 aliphatic carbocycles. The van der Waals surface area contributed by atoms with Crippen LogP contribution in [0.15, 0.2) is 24.0 Å².